The van der Waals surface area contributed by atoms with Crippen LogP contribution in [0.3, 0.4) is 0 Å². The number of fused-ring (bicyclic) bond motifs is 5. The van der Waals surface area contributed by atoms with Crippen LogP contribution < -0.4 is 0 Å². The molecular weight excluding hydrogens is 492 g/mol. The van der Waals surface area contributed by atoms with Gasteiger partial charge in [0.15, 0.2) is 6.29 Å². The van der Waals surface area contributed by atoms with Gasteiger partial charge < -0.3 is 24.4 Å². The molecule has 0 aromatic carbocycles. The number of hydrogen-bond acceptors (Lipinski definition) is 6. The molecule has 0 aromatic heterocycles. The minimum absolute atomic E-state index is 0.111. The number of esters is 1. The predicted octanol–water partition coefficient (Wildman–Crippen LogP) is 5.87. The molecule has 0 spiro atoms. The highest BCUT2D eigenvalue weighted by molar-refractivity contribution is 5.69. The normalized spacial score (nSPS) is 43.7. The number of unbranched alkanes of at least 4 members (excludes halogenated alkanes) is 1. The summed E-state index contributed by atoms with van der Waals surface area (Å²) in [5.74, 6) is 2.85. The van der Waals surface area contributed by atoms with E-state index in [1.807, 2.05) is 0 Å². The average molecular weight is 543 g/mol. The van der Waals surface area contributed by atoms with Crippen molar-refractivity contribution >= 4 is 5.97 Å². The van der Waals surface area contributed by atoms with E-state index in [0.717, 1.165) is 49.9 Å². The van der Waals surface area contributed by atoms with Crippen LogP contribution in [0.15, 0.2) is 35.5 Å². The zero-order valence-electron chi connectivity index (χ0n) is 24.4. The number of aliphatic hydroxyl groups excluding tert-OH is 2. The van der Waals surface area contributed by atoms with Crippen LogP contribution in [-0.2, 0) is 19.0 Å². The molecule has 1 heterocycles. The van der Waals surface area contributed by atoms with Gasteiger partial charge >= 0.3 is 5.97 Å². The Bertz CT molecular complexity index is 985. The van der Waals surface area contributed by atoms with Crippen LogP contribution in [0.2, 0.25) is 0 Å². The first kappa shape index (κ1) is 29.0. The summed E-state index contributed by atoms with van der Waals surface area (Å²) in [5, 5.41) is 19.4. The van der Waals surface area contributed by atoms with Crippen molar-refractivity contribution in [3.63, 3.8) is 0 Å². The number of carbonyl (C=O) groups is 1. The van der Waals surface area contributed by atoms with Crippen LogP contribution in [0.1, 0.15) is 91.4 Å². The van der Waals surface area contributed by atoms with Crippen molar-refractivity contribution in [3.05, 3.63) is 35.5 Å². The molecular formula is C33H50O6. The minimum atomic E-state index is -0.777. The molecule has 0 aromatic rings. The molecule has 3 fully saturated rings. The lowest BCUT2D eigenvalue weighted by Gasteiger charge is -2.58. The van der Waals surface area contributed by atoms with Crippen molar-refractivity contribution in [2.75, 3.05) is 13.7 Å². The first-order chi connectivity index (χ1) is 18.7. The van der Waals surface area contributed by atoms with Crippen LogP contribution in [0.4, 0.5) is 0 Å². The van der Waals surface area contributed by atoms with Gasteiger partial charge in [0.25, 0.3) is 0 Å². The summed E-state index contributed by atoms with van der Waals surface area (Å²) in [4.78, 5) is 11.5. The highest BCUT2D eigenvalue weighted by Gasteiger charge is 2.58. The van der Waals surface area contributed by atoms with E-state index in [0.29, 0.717) is 17.8 Å². The molecule has 5 aliphatic rings. The monoisotopic (exact) mass is 542 g/mol. The Labute approximate surface area is 234 Å². The lowest BCUT2D eigenvalue weighted by molar-refractivity contribution is -0.203. The standard InChI is InChI=1S/C33H50O6/c1-21(7-5-6-8-30(36)37-4)25-11-12-26-24-10-9-22-19-23(38-31-14-13-28(35)29(20-34)39-31)15-17-32(22,2)27(24)16-18-33(25,26)3/h7,9,13-14,23-29,31,34-35H,5-6,8,10-12,15-20H2,1-4H3/b21-7+/t23-,24-,25+,26-,27-,28-,29+,31?,32-,33+/m0/s1. The highest BCUT2D eigenvalue weighted by atomic mass is 16.7. The molecule has 39 heavy (non-hydrogen) atoms. The Morgan fingerprint density at radius 1 is 1.15 bits per heavy atom. The number of hydrogen-bond donors (Lipinski definition) is 2. The van der Waals surface area contributed by atoms with Crippen LogP contribution in [0.5, 0.6) is 0 Å². The molecule has 4 aliphatic carbocycles. The third-order valence-electron chi connectivity index (χ3n) is 11.5. The van der Waals surface area contributed by atoms with Crippen LogP contribution >= 0.6 is 0 Å². The summed E-state index contributed by atoms with van der Waals surface area (Å²) in [6.45, 7) is 7.23. The third kappa shape index (κ3) is 5.56. The SMILES string of the molecule is COC(=O)CCC/C=C(\C)[C@H]1CC[C@H]2[C@@H]3CC=C4C[C@@H](OC5C=C[C@H](O)[C@@H](CO)O5)CC[C@]4(C)[C@H]3CC[C@]12C. The molecule has 0 amide bonds. The van der Waals surface area contributed by atoms with E-state index in [1.165, 1.54) is 44.8 Å². The molecule has 10 atom stereocenters. The van der Waals surface area contributed by atoms with E-state index in [4.69, 9.17) is 14.2 Å². The van der Waals surface area contributed by atoms with Crippen molar-refractivity contribution < 1.29 is 29.2 Å². The van der Waals surface area contributed by atoms with E-state index >= 15 is 0 Å². The van der Waals surface area contributed by atoms with E-state index in [9.17, 15) is 15.0 Å². The van der Waals surface area contributed by atoms with E-state index < -0.39 is 18.5 Å². The van der Waals surface area contributed by atoms with Crippen LogP contribution in [0.25, 0.3) is 0 Å². The Balaban J connectivity index is 1.23. The molecule has 1 unspecified atom stereocenters. The maximum Gasteiger partial charge on any atom is 0.305 e. The number of methoxy groups -OCH3 is 1. The van der Waals surface area contributed by atoms with E-state index in [2.05, 4.69) is 32.9 Å². The second-order valence-corrected chi connectivity index (χ2v) is 13.5. The van der Waals surface area contributed by atoms with Gasteiger partial charge in [-0.15, -0.1) is 0 Å². The zero-order chi connectivity index (χ0) is 27.8. The molecule has 3 saturated carbocycles. The summed E-state index contributed by atoms with van der Waals surface area (Å²) in [5.41, 5.74) is 3.76. The topological polar surface area (TPSA) is 85.2 Å². The number of allylic oxidation sites excluding steroid dienone is 3. The summed E-state index contributed by atoms with van der Waals surface area (Å²) < 4.78 is 16.9. The maximum absolute atomic E-state index is 11.5. The summed E-state index contributed by atoms with van der Waals surface area (Å²) in [6, 6.07) is 0. The summed E-state index contributed by atoms with van der Waals surface area (Å²) in [6.07, 6.45) is 18.6. The van der Waals surface area contributed by atoms with Crippen molar-refractivity contribution in [2.45, 2.75) is 116 Å². The lowest BCUT2D eigenvalue weighted by atomic mass is 9.47. The van der Waals surface area contributed by atoms with Crippen molar-refractivity contribution in [1.82, 2.24) is 0 Å². The first-order valence-electron chi connectivity index (χ1n) is 15.4. The smallest absolute Gasteiger partial charge is 0.305 e. The van der Waals surface area contributed by atoms with E-state index in [1.54, 1.807) is 17.7 Å². The van der Waals surface area contributed by atoms with Gasteiger partial charge in [-0.2, -0.15) is 0 Å². The molecule has 0 bridgehead atoms. The highest BCUT2D eigenvalue weighted by Crippen LogP contribution is 2.67. The Hall–Kier alpha value is -1.47. The number of carbonyl (C=O) groups excluding carboxylic acids is 1. The largest absolute Gasteiger partial charge is 0.469 e. The van der Waals surface area contributed by atoms with Gasteiger partial charge in [-0.3, -0.25) is 4.79 Å². The molecule has 0 saturated heterocycles. The Morgan fingerprint density at radius 3 is 2.74 bits per heavy atom. The molecule has 218 valence electrons. The second kappa shape index (κ2) is 11.8. The summed E-state index contributed by atoms with van der Waals surface area (Å²) in [7, 11) is 1.47. The number of rotatable bonds is 8. The maximum atomic E-state index is 11.5. The lowest BCUT2D eigenvalue weighted by Crippen LogP contribution is -2.51. The second-order valence-electron chi connectivity index (χ2n) is 13.5. The average Bonchev–Trinajstić information content (AvgIpc) is 3.29. The quantitative estimate of drug-likeness (QED) is 0.227. The van der Waals surface area contributed by atoms with Crippen LogP contribution in [-0.4, -0.2) is 54.5 Å². The predicted molar refractivity (Wildman–Crippen MR) is 151 cm³/mol. The van der Waals surface area contributed by atoms with E-state index in [-0.39, 0.29) is 24.1 Å². The van der Waals surface area contributed by atoms with Gasteiger partial charge in [0, 0.05) is 6.42 Å². The van der Waals surface area contributed by atoms with Gasteiger partial charge in [0.1, 0.15) is 12.2 Å². The fraction of sp³-hybridized carbons (Fsp3) is 0.788. The van der Waals surface area contributed by atoms with Gasteiger partial charge in [-0.05, 0) is 112 Å². The molecule has 2 N–H and O–H groups in total. The van der Waals surface area contributed by atoms with Crippen molar-refractivity contribution in [1.29, 1.82) is 0 Å². The van der Waals surface area contributed by atoms with Crippen molar-refractivity contribution in [2.24, 2.45) is 34.5 Å². The Kier molecular flexibility index (Phi) is 8.78. The molecule has 0 radical (unpaired) electrons. The first-order valence-corrected chi connectivity index (χ1v) is 15.4. The summed E-state index contributed by atoms with van der Waals surface area (Å²) >= 11 is 0. The van der Waals surface area contributed by atoms with Gasteiger partial charge in [0.05, 0.1) is 19.8 Å². The van der Waals surface area contributed by atoms with Crippen molar-refractivity contribution in [3.8, 4) is 0 Å². The Morgan fingerprint density at radius 2 is 1.97 bits per heavy atom. The zero-order valence-corrected chi connectivity index (χ0v) is 24.4. The fourth-order valence-electron chi connectivity index (χ4n) is 9.36. The van der Waals surface area contributed by atoms with Gasteiger partial charge in [0.2, 0.25) is 0 Å². The van der Waals surface area contributed by atoms with Gasteiger partial charge in [-0.1, -0.05) is 43.2 Å². The molecule has 6 heteroatoms. The van der Waals surface area contributed by atoms with Gasteiger partial charge in [-0.25, -0.2) is 0 Å². The minimum Gasteiger partial charge on any atom is -0.469 e. The molecule has 1 aliphatic heterocycles. The molecule has 5 rings (SSSR count). The third-order valence-corrected chi connectivity index (χ3v) is 11.5. The number of ether oxygens (including phenoxy) is 3. The fourth-order valence-corrected chi connectivity index (χ4v) is 9.36. The number of aliphatic hydroxyl groups is 2. The van der Waals surface area contributed by atoms with Crippen LogP contribution in [0, 0.1) is 34.5 Å². The molecule has 6 nitrogen and oxygen atoms in total.